The van der Waals surface area contributed by atoms with E-state index in [1.54, 1.807) is 5.82 Å². The summed E-state index contributed by atoms with van der Waals surface area (Å²) >= 11 is 0. The van der Waals surface area contributed by atoms with Crippen LogP contribution in [0.4, 0.5) is 0 Å². The summed E-state index contributed by atoms with van der Waals surface area (Å²) < 4.78 is 5.22. The van der Waals surface area contributed by atoms with Crippen molar-refractivity contribution >= 4 is 0 Å². The molecule has 0 atom stereocenters. The third-order valence-corrected chi connectivity index (χ3v) is 8.10. The Morgan fingerprint density at radius 2 is 0.861 bits per heavy atom. The normalized spacial score (nSPS) is 11.5. The van der Waals surface area contributed by atoms with E-state index in [-0.39, 0.29) is 0 Å². The lowest BCUT2D eigenvalue weighted by molar-refractivity contribution is -0.704. The molecule has 0 unspecified atom stereocenters. The Labute approximate surface area is 228 Å². The minimum atomic E-state index is 1.22. The van der Waals surface area contributed by atoms with Crippen molar-refractivity contribution in [3.63, 3.8) is 0 Å². The standard InChI is InChI=1S/C34H67N2/c1-4-7-10-13-15-17-18-19-21-23-26-29-34-35(30-27-24-12-9-6-3)32-33-36(34)31-28-25-22-20-16-14-11-8-5-2/h32-33H,4-31H2,1-3H3/q+1. The van der Waals surface area contributed by atoms with Crippen LogP contribution < -0.4 is 4.57 Å². The molecule has 36 heavy (non-hydrogen) atoms. The topological polar surface area (TPSA) is 8.81 Å². The minimum absolute atomic E-state index is 1.22. The number of hydrogen-bond donors (Lipinski definition) is 0. The van der Waals surface area contributed by atoms with E-state index in [0.29, 0.717) is 0 Å². The number of unbranched alkanes of at least 4 members (excludes halogenated alkanes) is 22. The van der Waals surface area contributed by atoms with Gasteiger partial charge >= 0.3 is 0 Å². The first kappa shape index (κ1) is 33.2. The van der Waals surface area contributed by atoms with Crippen LogP contribution in [0.1, 0.15) is 187 Å². The molecule has 0 saturated carbocycles. The third kappa shape index (κ3) is 18.5. The zero-order chi connectivity index (χ0) is 25.9. The number of aryl methyl sites for hydroxylation is 2. The molecule has 1 rings (SSSR count). The Hall–Kier alpha value is -0.790. The van der Waals surface area contributed by atoms with Crippen LogP contribution >= 0.6 is 0 Å². The van der Waals surface area contributed by atoms with Gasteiger partial charge in [-0.25, -0.2) is 9.13 Å². The van der Waals surface area contributed by atoms with E-state index in [9.17, 15) is 0 Å². The zero-order valence-corrected chi connectivity index (χ0v) is 25.3. The number of hydrogen-bond acceptors (Lipinski definition) is 0. The molecule has 1 aromatic heterocycles. The predicted molar refractivity (Wildman–Crippen MR) is 161 cm³/mol. The first-order chi connectivity index (χ1) is 17.8. The molecule has 0 spiro atoms. The van der Waals surface area contributed by atoms with Crippen molar-refractivity contribution < 1.29 is 4.57 Å². The second kappa shape index (κ2) is 25.8. The van der Waals surface area contributed by atoms with Gasteiger partial charge in [0.05, 0.1) is 13.1 Å². The van der Waals surface area contributed by atoms with Crippen LogP contribution in [0, 0.1) is 0 Å². The maximum atomic E-state index is 2.61. The fourth-order valence-corrected chi connectivity index (χ4v) is 5.62. The second-order valence-corrected chi connectivity index (χ2v) is 11.6. The molecule has 0 amide bonds. The lowest BCUT2D eigenvalue weighted by Crippen LogP contribution is -2.37. The molecule has 0 bridgehead atoms. The van der Waals surface area contributed by atoms with Crippen molar-refractivity contribution in [1.82, 2.24) is 4.57 Å². The predicted octanol–water partition coefficient (Wildman–Crippen LogP) is 11.1. The van der Waals surface area contributed by atoms with Crippen LogP contribution in [0.5, 0.6) is 0 Å². The van der Waals surface area contributed by atoms with E-state index >= 15 is 0 Å². The van der Waals surface area contributed by atoms with Crippen LogP contribution in [-0.2, 0) is 19.5 Å². The molecule has 2 heteroatoms. The lowest BCUT2D eigenvalue weighted by atomic mass is 10.1. The van der Waals surface area contributed by atoms with Crippen LogP contribution in [0.2, 0.25) is 0 Å². The van der Waals surface area contributed by atoms with Gasteiger partial charge < -0.3 is 0 Å². The van der Waals surface area contributed by atoms with E-state index in [1.165, 1.54) is 180 Å². The molecule has 0 aromatic carbocycles. The van der Waals surface area contributed by atoms with Crippen molar-refractivity contribution in [2.75, 3.05) is 0 Å². The SMILES string of the molecule is CCCCCCCCCCCCCc1n(CCCCCCCCCCC)cc[n+]1CCCCCCC. The van der Waals surface area contributed by atoms with Gasteiger partial charge in [0.25, 0.3) is 5.82 Å². The van der Waals surface area contributed by atoms with Crippen molar-refractivity contribution in [3.05, 3.63) is 18.2 Å². The highest BCUT2D eigenvalue weighted by Gasteiger charge is 2.16. The molecule has 1 aromatic rings. The van der Waals surface area contributed by atoms with Crippen molar-refractivity contribution in [2.45, 2.75) is 201 Å². The summed E-state index contributed by atoms with van der Waals surface area (Å²) in [6.07, 6.45) is 41.5. The third-order valence-electron chi connectivity index (χ3n) is 8.10. The first-order valence-electron chi connectivity index (χ1n) is 16.9. The Kier molecular flexibility index (Phi) is 23.9. The smallest absolute Gasteiger partial charge is 0.234 e. The maximum absolute atomic E-state index is 2.61. The summed E-state index contributed by atoms with van der Waals surface area (Å²) in [6.45, 7) is 9.38. The molecule has 0 N–H and O–H groups in total. The van der Waals surface area contributed by atoms with Crippen LogP contribution in [-0.4, -0.2) is 4.57 Å². The monoisotopic (exact) mass is 504 g/mol. The Morgan fingerprint density at radius 3 is 1.33 bits per heavy atom. The molecule has 0 aliphatic rings. The van der Waals surface area contributed by atoms with E-state index in [1.807, 2.05) is 0 Å². The van der Waals surface area contributed by atoms with Gasteiger partial charge in [-0.3, -0.25) is 0 Å². The second-order valence-electron chi connectivity index (χ2n) is 11.6. The van der Waals surface area contributed by atoms with Gasteiger partial charge in [0.1, 0.15) is 12.4 Å². The summed E-state index contributed by atoms with van der Waals surface area (Å²) in [5.74, 6) is 1.61. The fraction of sp³-hybridized carbons (Fsp3) is 0.912. The van der Waals surface area contributed by atoms with Crippen LogP contribution in [0.25, 0.3) is 0 Å². The zero-order valence-electron chi connectivity index (χ0n) is 25.3. The summed E-state index contributed by atoms with van der Waals surface area (Å²) in [7, 11) is 0. The molecular formula is C34H67N2+. The lowest BCUT2D eigenvalue weighted by Gasteiger charge is -2.07. The molecule has 2 nitrogen and oxygen atoms in total. The van der Waals surface area contributed by atoms with Crippen molar-refractivity contribution in [3.8, 4) is 0 Å². The Morgan fingerprint density at radius 1 is 0.472 bits per heavy atom. The largest absolute Gasteiger partial charge is 0.256 e. The van der Waals surface area contributed by atoms with Crippen LogP contribution in [0.3, 0.4) is 0 Å². The molecule has 0 radical (unpaired) electrons. The number of imidazole rings is 1. The van der Waals surface area contributed by atoms with Gasteiger partial charge in [-0.2, -0.15) is 0 Å². The van der Waals surface area contributed by atoms with Gasteiger partial charge in [-0.1, -0.05) is 149 Å². The first-order valence-corrected chi connectivity index (χ1v) is 16.9. The van der Waals surface area contributed by atoms with Gasteiger partial charge in [-0.15, -0.1) is 0 Å². The molecule has 212 valence electrons. The highest BCUT2D eigenvalue weighted by molar-refractivity contribution is 4.84. The summed E-state index contributed by atoms with van der Waals surface area (Å²) in [4.78, 5) is 0. The average Bonchev–Trinajstić information content (AvgIpc) is 3.27. The van der Waals surface area contributed by atoms with Crippen LogP contribution in [0.15, 0.2) is 12.4 Å². The fourth-order valence-electron chi connectivity index (χ4n) is 5.62. The van der Waals surface area contributed by atoms with Gasteiger partial charge in [-0.05, 0) is 32.1 Å². The maximum Gasteiger partial charge on any atom is 0.256 e. The number of rotatable bonds is 28. The molecule has 0 fully saturated rings. The number of nitrogens with zero attached hydrogens (tertiary/aromatic N) is 2. The average molecular weight is 504 g/mol. The highest BCUT2D eigenvalue weighted by Crippen LogP contribution is 2.14. The Bertz CT molecular complexity index is 562. The Balaban J connectivity index is 2.30. The van der Waals surface area contributed by atoms with Crippen molar-refractivity contribution in [2.24, 2.45) is 0 Å². The summed E-state index contributed by atoms with van der Waals surface area (Å²) in [5, 5.41) is 0. The minimum Gasteiger partial charge on any atom is -0.234 e. The molecule has 0 aliphatic carbocycles. The molecule has 0 saturated heterocycles. The van der Waals surface area contributed by atoms with Gasteiger partial charge in [0, 0.05) is 6.42 Å². The highest BCUT2D eigenvalue weighted by atomic mass is 15.1. The molecule has 0 aliphatic heterocycles. The van der Waals surface area contributed by atoms with E-state index in [4.69, 9.17) is 0 Å². The number of aromatic nitrogens is 2. The van der Waals surface area contributed by atoms with E-state index < -0.39 is 0 Å². The van der Waals surface area contributed by atoms with E-state index in [0.717, 1.165) is 0 Å². The molecule has 1 heterocycles. The van der Waals surface area contributed by atoms with Crippen molar-refractivity contribution in [1.29, 1.82) is 0 Å². The van der Waals surface area contributed by atoms with E-state index in [2.05, 4.69) is 42.3 Å². The van der Waals surface area contributed by atoms with Gasteiger partial charge in [0.15, 0.2) is 0 Å². The molecular weight excluding hydrogens is 436 g/mol. The quantitative estimate of drug-likeness (QED) is 0.0794. The summed E-state index contributed by atoms with van der Waals surface area (Å²) in [6, 6.07) is 0. The summed E-state index contributed by atoms with van der Waals surface area (Å²) in [5.41, 5.74) is 0. The van der Waals surface area contributed by atoms with Gasteiger partial charge in [0.2, 0.25) is 0 Å².